The van der Waals surface area contributed by atoms with Gasteiger partial charge in [-0.05, 0) is 12.8 Å². The van der Waals surface area contributed by atoms with Crippen molar-refractivity contribution in [1.29, 1.82) is 0 Å². The first-order chi connectivity index (χ1) is 9.38. The number of methoxy groups -OCH3 is 1. The Hall–Kier alpha value is -0.590. The lowest BCUT2D eigenvalue weighted by atomic mass is 10.0. The molecule has 0 aromatic carbocycles. The van der Waals surface area contributed by atoms with Gasteiger partial charge in [0.05, 0.1) is 18.9 Å². The molecule has 5 nitrogen and oxygen atoms in total. The summed E-state index contributed by atoms with van der Waals surface area (Å²) >= 11 is 1.97. The Balaban J connectivity index is 1.65. The lowest BCUT2D eigenvalue weighted by molar-refractivity contribution is 0.197. The summed E-state index contributed by atoms with van der Waals surface area (Å²) in [6.07, 6.45) is 6.83. The summed E-state index contributed by atoms with van der Waals surface area (Å²) in [5.74, 6) is 2.35. The fourth-order valence-electron chi connectivity index (χ4n) is 2.21. The summed E-state index contributed by atoms with van der Waals surface area (Å²) < 4.78 is 10.2. The lowest BCUT2D eigenvalue weighted by Crippen LogP contribution is -2.18. The largest absolute Gasteiger partial charge is 0.383 e. The zero-order valence-corrected chi connectivity index (χ0v) is 12.4. The topological polar surface area (TPSA) is 60.2 Å². The second kappa shape index (κ2) is 8.55. The van der Waals surface area contributed by atoms with Gasteiger partial charge in [-0.25, -0.2) is 0 Å². The maximum atomic E-state index is 5.21. The molecule has 1 aliphatic carbocycles. The number of hydrogen-bond donors (Lipinski definition) is 1. The van der Waals surface area contributed by atoms with Crippen molar-refractivity contribution in [2.24, 2.45) is 0 Å². The maximum Gasteiger partial charge on any atom is 0.240 e. The van der Waals surface area contributed by atoms with E-state index in [0.29, 0.717) is 19.0 Å². The van der Waals surface area contributed by atoms with E-state index in [1.54, 1.807) is 7.11 Å². The molecule has 1 fully saturated rings. The van der Waals surface area contributed by atoms with Crippen molar-refractivity contribution in [1.82, 2.24) is 15.5 Å². The summed E-state index contributed by atoms with van der Waals surface area (Å²) in [4.78, 5) is 4.39. The number of thioether (sulfide) groups is 1. The van der Waals surface area contributed by atoms with Crippen molar-refractivity contribution in [2.75, 3.05) is 20.3 Å². The van der Waals surface area contributed by atoms with E-state index < -0.39 is 0 Å². The fourth-order valence-corrected chi connectivity index (χ4v) is 3.38. The van der Waals surface area contributed by atoms with Crippen LogP contribution in [0.1, 0.15) is 43.8 Å². The average molecular weight is 285 g/mol. The van der Waals surface area contributed by atoms with Gasteiger partial charge in [0.25, 0.3) is 0 Å². The molecule has 1 saturated carbocycles. The van der Waals surface area contributed by atoms with Crippen LogP contribution in [0.4, 0.5) is 0 Å². The Labute approximate surface area is 118 Å². The van der Waals surface area contributed by atoms with Gasteiger partial charge in [-0.1, -0.05) is 24.4 Å². The van der Waals surface area contributed by atoms with E-state index in [2.05, 4.69) is 15.5 Å². The highest BCUT2D eigenvalue weighted by atomic mass is 32.2. The van der Waals surface area contributed by atoms with Gasteiger partial charge in [-0.15, -0.1) is 0 Å². The van der Waals surface area contributed by atoms with Crippen LogP contribution in [0.3, 0.4) is 0 Å². The van der Waals surface area contributed by atoms with E-state index in [0.717, 1.165) is 23.4 Å². The normalized spacial score (nSPS) is 16.9. The van der Waals surface area contributed by atoms with Crippen LogP contribution in [-0.2, 0) is 17.0 Å². The summed E-state index contributed by atoms with van der Waals surface area (Å²) in [5, 5.41) is 8.00. The SMILES string of the molecule is COCCNCc1nc(CSC2CCCCC2)no1. The lowest BCUT2D eigenvalue weighted by Gasteiger charge is -2.19. The predicted octanol–water partition coefficient (Wildman–Crippen LogP) is 2.37. The van der Waals surface area contributed by atoms with Crippen LogP contribution in [-0.4, -0.2) is 35.7 Å². The van der Waals surface area contributed by atoms with Crippen LogP contribution >= 0.6 is 11.8 Å². The Morgan fingerprint density at radius 1 is 1.37 bits per heavy atom. The second-order valence-corrected chi connectivity index (χ2v) is 6.13. The van der Waals surface area contributed by atoms with Crippen LogP contribution in [0.15, 0.2) is 4.52 Å². The first-order valence-corrected chi connectivity index (χ1v) is 8.06. The molecule has 19 heavy (non-hydrogen) atoms. The molecular weight excluding hydrogens is 262 g/mol. The molecule has 2 rings (SSSR count). The maximum absolute atomic E-state index is 5.21. The number of nitrogens with zero attached hydrogens (tertiary/aromatic N) is 2. The average Bonchev–Trinajstić information content (AvgIpc) is 2.91. The number of ether oxygens (including phenoxy) is 1. The van der Waals surface area contributed by atoms with Gasteiger partial charge in [0, 0.05) is 18.9 Å². The van der Waals surface area contributed by atoms with Gasteiger partial charge in [0.15, 0.2) is 5.82 Å². The van der Waals surface area contributed by atoms with E-state index in [1.807, 2.05) is 11.8 Å². The zero-order chi connectivity index (χ0) is 13.3. The van der Waals surface area contributed by atoms with Gasteiger partial charge in [0.1, 0.15) is 0 Å². The highest BCUT2D eigenvalue weighted by molar-refractivity contribution is 7.99. The number of nitrogens with one attached hydrogen (secondary N) is 1. The summed E-state index contributed by atoms with van der Waals surface area (Å²) in [6, 6.07) is 0. The monoisotopic (exact) mass is 285 g/mol. The summed E-state index contributed by atoms with van der Waals surface area (Å²) in [5.41, 5.74) is 0. The molecule has 0 saturated heterocycles. The van der Waals surface area contributed by atoms with Crippen LogP contribution in [0.2, 0.25) is 0 Å². The van der Waals surface area contributed by atoms with Crippen molar-refractivity contribution < 1.29 is 9.26 Å². The minimum absolute atomic E-state index is 0.616. The molecule has 1 aromatic rings. The Bertz CT molecular complexity index is 353. The van der Waals surface area contributed by atoms with Crippen molar-refractivity contribution >= 4 is 11.8 Å². The number of hydrogen-bond acceptors (Lipinski definition) is 6. The quantitative estimate of drug-likeness (QED) is 0.740. The smallest absolute Gasteiger partial charge is 0.240 e. The summed E-state index contributed by atoms with van der Waals surface area (Å²) in [7, 11) is 1.69. The molecule has 0 spiro atoms. The Morgan fingerprint density at radius 3 is 3.00 bits per heavy atom. The number of aromatic nitrogens is 2. The molecule has 0 aliphatic heterocycles. The van der Waals surface area contributed by atoms with E-state index in [4.69, 9.17) is 9.26 Å². The van der Waals surface area contributed by atoms with E-state index in [1.165, 1.54) is 32.1 Å². The molecule has 1 aliphatic rings. The van der Waals surface area contributed by atoms with Gasteiger partial charge in [0.2, 0.25) is 5.89 Å². The molecule has 1 heterocycles. The van der Waals surface area contributed by atoms with E-state index in [-0.39, 0.29) is 0 Å². The van der Waals surface area contributed by atoms with Gasteiger partial charge in [-0.2, -0.15) is 16.7 Å². The van der Waals surface area contributed by atoms with Crippen LogP contribution in [0.25, 0.3) is 0 Å². The van der Waals surface area contributed by atoms with Gasteiger partial charge >= 0.3 is 0 Å². The molecule has 1 N–H and O–H groups in total. The first-order valence-electron chi connectivity index (χ1n) is 7.01. The third kappa shape index (κ3) is 5.50. The van der Waals surface area contributed by atoms with Crippen molar-refractivity contribution in [3.63, 3.8) is 0 Å². The minimum atomic E-state index is 0.616. The van der Waals surface area contributed by atoms with Crippen molar-refractivity contribution in [3.05, 3.63) is 11.7 Å². The third-order valence-corrected chi connectivity index (χ3v) is 4.64. The van der Waals surface area contributed by atoms with Gasteiger partial charge < -0.3 is 14.6 Å². The Kier molecular flexibility index (Phi) is 6.67. The zero-order valence-electron chi connectivity index (χ0n) is 11.6. The highest BCUT2D eigenvalue weighted by Gasteiger charge is 2.15. The predicted molar refractivity (Wildman–Crippen MR) is 76.0 cm³/mol. The van der Waals surface area contributed by atoms with E-state index in [9.17, 15) is 0 Å². The molecule has 0 atom stereocenters. The standard InChI is InChI=1S/C13H23N3O2S/c1-17-8-7-14-9-13-15-12(16-18-13)10-19-11-5-3-2-4-6-11/h11,14H,2-10H2,1H3. The molecule has 0 radical (unpaired) electrons. The van der Waals surface area contributed by atoms with Crippen LogP contribution in [0, 0.1) is 0 Å². The fraction of sp³-hybridized carbons (Fsp3) is 0.846. The molecule has 6 heteroatoms. The molecular formula is C13H23N3O2S. The molecule has 0 amide bonds. The molecule has 0 unspecified atom stereocenters. The first kappa shape index (κ1) is 14.8. The molecule has 108 valence electrons. The summed E-state index contributed by atoms with van der Waals surface area (Å²) in [6.45, 7) is 2.11. The van der Waals surface area contributed by atoms with Crippen LogP contribution < -0.4 is 5.32 Å². The minimum Gasteiger partial charge on any atom is -0.383 e. The van der Waals surface area contributed by atoms with E-state index >= 15 is 0 Å². The number of rotatable bonds is 8. The van der Waals surface area contributed by atoms with Gasteiger partial charge in [-0.3, -0.25) is 0 Å². The molecule has 0 bridgehead atoms. The van der Waals surface area contributed by atoms with Crippen LogP contribution in [0.5, 0.6) is 0 Å². The third-order valence-electron chi connectivity index (χ3n) is 3.27. The highest BCUT2D eigenvalue weighted by Crippen LogP contribution is 2.29. The van der Waals surface area contributed by atoms with Crippen molar-refractivity contribution in [2.45, 2.75) is 49.7 Å². The molecule has 1 aromatic heterocycles. The van der Waals surface area contributed by atoms with Crippen molar-refractivity contribution in [3.8, 4) is 0 Å². The second-order valence-electron chi connectivity index (χ2n) is 4.84. The Morgan fingerprint density at radius 2 is 2.21 bits per heavy atom.